The zero-order chi connectivity index (χ0) is 17.8. The van der Waals surface area contributed by atoms with E-state index in [9.17, 15) is 4.79 Å². The molecule has 0 atom stereocenters. The standard InChI is InChI=1S/C17H16ClN3O2S2/c1-23-12-5-4-10(18)9-11(12)20-15(22)7-6-14-16(21-17(19)25-14)13-3-2-8-24-13/h2-5,8-9H,6-7H2,1H3,(H2,19,21)(H,20,22). The second-order valence-electron chi connectivity index (χ2n) is 5.19. The molecule has 0 radical (unpaired) electrons. The molecule has 2 heterocycles. The Morgan fingerprint density at radius 2 is 2.24 bits per heavy atom. The highest BCUT2D eigenvalue weighted by Gasteiger charge is 2.15. The lowest BCUT2D eigenvalue weighted by Crippen LogP contribution is -2.13. The van der Waals surface area contributed by atoms with E-state index in [2.05, 4.69) is 10.3 Å². The largest absolute Gasteiger partial charge is 0.495 e. The summed E-state index contributed by atoms with van der Waals surface area (Å²) in [6.45, 7) is 0. The Morgan fingerprint density at radius 1 is 1.40 bits per heavy atom. The zero-order valence-electron chi connectivity index (χ0n) is 13.4. The number of carbonyl (C=O) groups excluding carboxylic acids is 1. The van der Waals surface area contributed by atoms with E-state index in [0.29, 0.717) is 34.4 Å². The van der Waals surface area contributed by atoms with Gasteiger partial charge in [0.1, 0.15) is 5.75 Å². The molecule has 1 aromatic carbocycles. The summed E-state index contributed by atoms with van der Waals surface area (Å²) in [6, 6.07) is 9.07. The van der Waals surface area contributed by atoms with Crippen LogP contribution in [0.5, 0.6) is 5.75 Å². The molecule has 2 aromatic heterocycles. The van der Waals surface area contributed by atoms with Gasteiger partial charge < -0.3 is 15.8 Å². The van der Waals surface area contributed by atoms with E-state index in [1.165, 1.54) is 11.3 Å². The maximum atomic E-state index is 12.3. The number of carbonyl (C=O) groups is 1. The van der Waals surface area contributed by atoms with Crippen molar-refractivity contribution in [1.82, 2.24) is 4.98 Å². The number of ether oxygens (including phenoxy) is 1. The number of anilines is 2. The molecule has 0 aliphatic heterocycles. The van der Waals surface area contributed by atoms with Gasteiger partial charge in [-0.15, -0.1) is 22.7 Å². The molecular formula is C17H16ClN3O2S2. The number of hydrogen-bond donors (Lipinski definition) is 2. The van der Waals surface area contributed by atoms with Gasteiger partial charge in [-0.25, -0.2) is 4.98 Å². The number of amides is 1. The molecule has 0 unspecified atom stereocenters. The molecule has 3 N–H and O–H groups in total. The first kappa shape index (κ1) is 17.7. The van der Waals surface area contributed by atoms with Crippen LogP contribution in [0.25, 0.3) is 10.6 Å². The maximum absolute atomic E-state index is 12.3. The number of halogens is 1. The fraction of sp³-hybridized carbons (Fsp3) is 0.176. The lowest BCUT2D eigenvalue weighted by molar-refractivity contribution is -0.116. The number of nitrogen functional groups attached to an aromatic ring is 1. The van der Waals surface area contributed by atoms with Gasteiger partial charge in [-0.3, -0.25) is 4.79 Å². The molecule has 0 aliphatic rings. The van der Waals surface area contributed by atoms with Crippen LogP contribution in [0, 0.1) is 0 Å². The molecule has 130 valence electrons. The van der Waals surface area contributed by atoms with Crippen LogP contribution in [0.2, 0.25) is 5.02 Å². The summed E-state index contributed by atoms with van der Waals surface area (Å²) in [5.41, 5.74) is 7.27. The van der Waals surface area contributed by atoms with Gasteiger partial charge >= 0.3 is 0 Å². The summed E-state index contributed by atoms with van der Waals surface area (Å²) in [7, 11) is 1.55. The van der Waals surface area contributed by atoms with Crippen LogP contribution < -0.4 is 15.8 Å². The summed E-state index contributed by atoms with van der Waals surface area (Å²) in [6.07, 6.45) is 0.881. The van der Waals surface area contributed by atoms with Crippen molar-refractivity contribution in [2.45, 2.75) is 12.8 Å². The highest BCUT2D eigenvalue weighted by atomic mass is 35.5. The molecule has 0 fully saturated rings. The van der Waals surface area contributed by atoms with Crippen molar-refractivity contribution in [2.75, 3.05) is 18.2 Å². The third-order valence-corrected chi connectivity index (χ3v) is 5.54. The zero-order valence-corrected chi connectivity index (χ0v) is 15.8. The Bertz CT molecular complexity index is 878. The molecule has 0 aliphatic carbocycles. The third kappa shape index (κ3) is 4.31. The third-order valence-electron chi connectivity index (χ3n) is 3.48. The Balaban J connectivity index is 1.69. The minimum Gasteiger partial charge on any atom is -0.495 e. The normalized spacial score (nSPS) is 10.6. The second kappa shape index (κ2) is 7.86. The number of methoxy groups -OCH3 is 1. The minimum absolute atomic E-state index is 0.121. The molecule has 5 nitrogen and oxygen atoms in total. The van der Waals surface area contributed by atoms with Crippen LogP contribution in [0.1, 0.15) is 11.3 Å². The Kier molecular flexibility index (Phi) is 5.57. The number of aromatic nitrogens is 1. The maximum Gasteiger partial charge on any atom is 0.224 e. The van der Waals surface area contributed by atoms with Crippen LogP contribution >= 0.6 is 34.3 Å². The summed E-state index contributed by atoms with van der Waals surface area (Å²) in [5.74, 6) is 0.448. The molecule has 3 rings (SSSR count). The van der Waals surface area contributed by atoms with Gasteiger partial charge in [0.05, 0.1) is 23.4 Å². The van der Waals surface area contributed by atoms with Crippen molar-refractivity contribution in [3.05, 3.63) is 45.6 Å². The lowest BCUT2D eigenvalue weighted by atomic mass is 10.2. The molecule has 0 bridgehead atoms. The highest BCUT2D eigenvalue weighted by Crippen LogP contribution is 2.33. The van der Waals surface area contributed by atoms with Crippen molar-refractivity contribution in [3.8, 4) is 16.3 Å². The van der Waals surface area contributed by atoms with Gasteiger partial charge in [-0.2, -0.15) is 0 Å². The van der Waals surface area contributed by atoms with Crippen LogP contribution in [0.4, 0.5) is 10.8 Å². The number of aryl methyl sites for hydroxylation is 1. The van der Waals surface area contributed by atoms with Gasteiger partial charge in [-0.1, -0.05) is 17.7 Å². The molecule has 3 aromatic rings. The van der Waals surface area contributed by atoms with E-state index in [0.717, 1.165) is 15.4 Å². The summed E-state index contributed by atoms with van der Waals surface area (Å²) < 4.78 is 5.24. The van der Waals surface area contributed by atoms with Crippen LogP contribution in [0.3, 0.4) is 0 Å². The average molecular weight is 394 g/mol. The predicted octanol–water partition coefficient (Wildman–Crippen LogP) is 4.69. The van der Waals surface area contributed by atoms with Crippen LogP contribution in [-0.2, 0) is 11.2 Å². The fourth-order valence-electron chi connectivity index (χ4n) is 2.36. The Morgan fingerprint density at radius 3 is 2.96 bits per heavy atom. The lowest BCUT2D eigenvalue weighted by Gasteiger charge is -2.10. The predicted molar refractivity (Wildman–Crippen MR) is 105 cm³/mol. The average Bonchev–Trinajstić information content (AvgIpc) is 3.22. The van der Waals surface area contributed by atoms with E-state index in [1.807, 2.05) is 17.5 Å². The van der Waals surface area contributed by atoms with Crippen molar-refractivity contribution >= 4 is 51.0 Å². The number of hydrogen-bond acceptors (Lipinski definition) is 6. The number of rotatable bonds is 6. The topological polar surface area (TPSA) is 77.2 Å². The highest BCUT2D eigenvalue weighted by molar-refractivity contribution is 7.17. The number of benzene rings is 1. The molecule has 25 heavy (non-hydrogen) atoms. The fourth-order valence-corrected chi connectivity index (χ4v) is 4.19. The summed E-state index contributed by atoms with van der Waals surface area (Å²) in [5, 5.41) is 5.88. The number of nitrogens with zero attached hydrogens (tertiary/aromatic N) is 1. The van der Waals surface area contributed by atoms with Crippen molar-refractivity contribution in [2.24, 2.45) is 0 Å². The number of nitrogens with two attached hydrogens (primary N) is 1. The minimum atomic E-state index is -0.121. The van der Waals surface area contributed by atoms with E-state index >= 15 is 0 Å². The Labute approximate surface area is 158 Å². The van der Waals surface area contributed by atoms with E-state index < -0.39 is 0 Å². The first-order chi connectivity index (χ1) is 12.1. The smallest absolute Gasteiger partial charge is 0.224 e. The first-order valence-electron chi connectivity index (χ1n) is 7.49. The van der Waals surface area contributed by atoms with Gasteiger partial charge in [0.2, 0.25) is 5.91 Å². The van der Waals surface area contributed by atoms with E-state index in [-0.39, 0.29) is 5.91 Å². The summed E-state index contributed by atoms with van der Waals surface area (Å²) in [4.78, 5) is 18.8. The van der Waals surface area contributed by atoms with E-state index in [1.54, 1.807) is 36.6 Å². The van der Waals surface area contributed by atoms with Crippen LogP contribution in [-0.4, -0.2) is 18.0 Å². The van der Waals surface area contributed by atoms with E-state index in [4.69, 9.17) is 22.1 Å². The second-order valence-corrected chi connectivity index (χ2v) is 7.69. The summed E-state index contributed by atoms with van der Waals surface area (Å²) >= 11 is 9.01. The van der Waals surface area contributed by atoms with Crippen LogP contribution in [0.15, 0.2) is 35.7 Å². The molecule has 0 spiro atoms. The molecule has 0 saturated carbocycles. The monoisotopic (exact) mass is 393 g/mol. The van der Waals surface area contributed by atoms with Gasteiger partial charge in [0.15, 0.2) is 5.13 Å². The molecule has 8 heteroatoms. The number of thiophene rings is 1. The molecule has 1 amide bonds. The number of nitrogens with one attached hydrogen (secondary N) is 1. The molecule has 0 saturated heterocycles. The van der Waals surface area contributed by atoms with Gasteiger partial charge in [-0.05, 0) is 36.1 Å². The van der Waals surface area contributed by atoms with Crippen molar-refractivity contribution in [3.63, 3.8) is 0 Å². The first-order valence-corrected chi connectivity index (χ1v) is 9.56. The molecular weight excluding hydrogens is 378 g/mol. The quantitative estimate of drug-likeness (QED) is 0.637. The van der Waals surface area contributed by atoms with Gasteiger partial charge in [0, 0.05) is 16.3 Å². The number of thiazole rings is 1. The SMILES string of the molecule is COc1ccc(Cl)cc1NC(=O)CCc1sc(N)nc1-c1cccs1. The Hall–Kier alpha value is -2.09. The van der Waals surface area contributed by atoms with Crippen molar-refractivity contribution < 1.29 is 9.53 Å². The van der Waals surface area contributed by atoms with Gasteiger partial charge in [0.25, 0.3) is 0 Å². The van der Waals surface area contributed by atoms with Crippen molar-refractivity contribution in [1.29, 1.82) is 0 Å².